The fraction of sp³-hybridized carbons (Fsp3) is 0.394. The van der Waals surface area contributed by atoms with Gasteiger partial charge in [0.25, 0.3) is 5.91 Å². The molecule has 1 aliphatic heterocycles. The highest BCUT2D eigenvalue weighted by atomic mass is 35.5. The van der Waals surface area contributed by atoms with Gasteiger partial charge in [0.05, 0.1) is 28.8 Å². The molecule has 44 heavy (non-hydrogen) atoms. The monoisotopic (exact) mass is 640 g/mol. The number of aliphatic hydroxyl groups is 1. The van der Waals surface area contributed by atoms with Crippen LogP contribution in [0, 0.1) is 0 Å². The van der Waals surface area contributed by atoms with E-state index in [0.717, 1.165) is 69.3 Å². The predicted octanol–water partition coefficient (Wildman–Crippen LogP) is 6.34. The van der Waals surface area contributed by atoms with E-state index in [9.17, 15) is 9.90 Å². The second-order valence-electron chi connectivity index (χ2n) is 11.2. The van der Waals surface area contributed by atoms with Crippen molar-refractivity contribution in [3.05, 3.63) is 87.7 Å². The Bertz CT molecular complexity index is 1420. The molecule has 0 spiro atoms. The Morgan fingerprint density at radius 1 is 1.07 bits per heavy atom. The van der Waals surface area contributed by atoms with E-state index in [-0.39, 0.29) is 33.7 Å². The van der Waals surface area contributed by atoms with Gasteiger partial charge in [0, 0.05) is 49.8 Å². The van der Waals surface area contributed by atoms with Crippen molar-refractivity contribution in [2.24, 2.45) is 0 Å². The van der Waals surface area contributed by atoms with Crippen molar-refractivity contribution in [3.63, 3.8) is 0 Å². The Hall–Kier alpha value is -3.18. The third-order valence-electron chi connectivity index (χ3n) is 8.22. The van der Waals surface area contributed by atoms with E-state index >= 15 is 0 Å². The van der Waals surface area contributed by atoms with Gasteiger partial charge in [-0.05, 0) is 67.9 Å². The quantitative estimate of drug-likeness (QED) is 0.165. The number of likely N-dealkylation sites (tertiary alicyclic amines) is 1. The molecule has 1 saturated heterocycles. The molecule has 9 nitrogen and oxygen atoms in total. The van der Waals surface area contributed by atoms with Crippen molar-refractivity contribution in [2.45, 2.75) is 63.4 Å². The predicted molar refractivity (Wildman–Crippen MR) is 172 cm³/mol. The Labute approximate surface area is 268 Å². The summed E-state index contributed by atoms with van der Waals surface area (Å²) in [6.07, 6.45) is 10.9. The Kier molecular flexibility index (Phi) is 11.1. The fourth-order valence-corrected chi connectivity index (χ4v) is 6.42. The number of amides is 1. The number of hydrogen-bond donors (Lipinski definition) is 3. The van der Waals surface area contributed by atoms with Gasteiger partial charge in [0.2, 0.25) is 0 Å². The molecule has 0 radical (unpaired) electrons. The Balaban J connectivity index is 1.35. The van der Waals surface area contributed by atoms with Gasteiger partial charge in [-0.2, -0.15) is 5.48 Å². The number of aromatic nitrogens is 1. The lowest BCUT2D eigenvalue weighted by atomic mass is 10.00. The minimum absolute atomic E-state index is 0.0918. The molecule has 1 atom stereocenters. The van der Waals surface area contributed by atoms with Crippen LogP contribution in [-0.4, -0.2) is 64.7 Å². The number of piperidine rings is 1. The van der Waals surface area contributed by atoms with Crippen LogP contribution in [0.2, 0.25) is 10.0 Å². The van der Waals surface area contributed by atoms with E-state index in [4.69, 9.17) is 37.9 Å². The van der Waals surface area contributed by atoms with Gasteiger partial charge in [-0.25, -0.2) is 0 Å². The number of halogens is 2. The first-order valence-electron chi connectivity index (χ1n) is 14.9. The molecule has 2 aliphatic rings. The van der Waals surface area contributed by atoms with E-state index in [0.29, 0.717) is 17.2 Å². The average molecular weight is 642 g/mol. The highest BCUT2D eigenvalue weighted by molar-refractivity contribution is 6.40. The van der Waals surface area contributed by atoms with Gasteiger partial charge < -0.3 is 24.7 Å². The molecular formula is C33H38Cl2N4O5. The van der Waals surface area contributed by atoms with Crippen LogP contribution in [0.15, 0.2) is 60.9 Å². The number of anilines is 1. The van der Waals surface area contributed by atoms with Crippen LogP contribution in [0.4, 0.5) is 5.69 Å². The molecular weight excluding hydrogens is 603 g/mol. The smallest absolute Gasteiger partial charge is 0.261 e. The summed E-state index contributed by atoms with van der Waals surface area (Å²) < 4.78 is 12.0. The summed E-state index contributed by atoms with van der Waals surface area (Å²) in [6.45, 7) is 2.36. The van der Waals surface area contributed by atoms with Crippen molar-refractivity contribution >= 4 is 40.9 Å². The topological polar surface area (TPSA) is 107 Å². The molecule has 1 saturated carbocycles. The number of carbonyl (C=O) groups is 1. The molecule has 1 aromatic heterocycles. The molecule has 3 aromatic rings. The maximum absolute atomic E-state index is 14.2. The first kappa shape index (κ1) is 32.2. The summed E-state index contributed by atoms with van der Waals surface area (Å²) in [4.78, 5) is 22.4. The number of methoxy groups -OCH3 is 1. The first-order valence-corrected chi connectivity index (χ1v) is 15.7. The lowest BCUT2D eigenvalue weighted by molar-refractivity contribution is 0.0323. The summed E-state index contributed by atoms with van der Waals surface area (Å²) in [5.41, 5.74) is 4.79. The van der Waals surface area contributed by atoms with Crippen LogP contribution in [0.3, 0.4) is 0 Å². The summed E-state index contributed by atoms with van der Waals surface area (Å²) in [5.74, 6) is 0.980. The molecule has 2 fully saturated rings. The fourth-order valence-electron chi connectivity index (χ4n) is 5.90. The van der Waals surface area contributed by atoms with Gasteiger partial charge >= 0.3 is 0 Å². The van der Waals surface area contributed by atoms with Crippen LogP contribution in [0.1, 0.15) is 60.0 Å². The van der Waals surface area contributed by atoms with Crippen LogP contribution >= 0.6 is 23.2 Å². The number of carbonyl (C=O) groups excluding carboxylic acids is 1. The standard InChI is InChI=1S/C33H38Cl2N4O5/c1-43-29-12-11-25(18-30(29)44-26-4-2-3-5-26)39(33(41)32-27(34)19-36-20-28(32)35)24-14-16-38(17-15-24)21-23-8-6-22(7-9-23)10-13-31(40)37-42/h6-13,18-20,24,26,31,37,40,42H,2-5,14-17,21H2,1H3/b13-10+. The van der Waals surface area contributed by atoms with Crippen LogP contribution in [0.25, 0.3) is 6.08 Å². The number of hydroxylamine groups is 1. The molecule has 11 heteroatoms. The van der Waals surface area contributed by atoms with Crippen LogP contribution in [-0.2, 0) is 6.54 Å². The van der Waals surface area contributed by atoms with E-state index < -0.39 is 6.23 Å². The molecule has 234 valence electrons. The summed E-state index contributed by atoms with van der Waals surface area (Å²) >= 11 is 13.0. The molecule has 1 aliphatic carbocycles. The number of ether oxygens (including phenoxy) is 2. The zero-order valence-electron chi connectivity index (χ0n) is 24.7. The maximum atomic E-state index is 14.2. The number of rotatable bonds is 11. The van der Waals surface area contributed by atoms with Gasteiger partial charge in [-0.15, -0.1) is 0 Å². The summed E-state index contributed by atoms with van der Waals surface area (Å²) in [7, 11) is 1.62. The van der Waals surface area contributed by atoms with Crippen molar-refractivity contribution in [1.82, 2.24) is 15.4 Å². The summed E-state index contributed by atoms with van der Waals surface area (Å²) in [5, 5.41) is 18.6. The second-order valence-corrected chi connectivity index (χ2v) is 12.0. The number of hydrogen-bond acceptors (Lipinski definition) is 8. The number of nitrogens with zero attached hydrogens (tertiary/aromatic N) is 3. The van der Waals surface area contributed by atoms with Crippen molar-refractivity contribution in [1.29, 1.82) is 0 Å². The minimum Gasteiger partial charge on any atom is -0.493 e. The third-order valence-corrected chi connectivity index (χ3v) is 8.79. The summed E-state index contributed by atoms with van der Waals surface area (Å²) in [6, 6.07) is 13.6. The number of pyridine rings is 1. The molecule has 5 rings (SSSR count). The molecule has 2 heterocycles. The largest absolute Gasteiger partial charge is 0.493 e. The lowest BCUT2D eigenvalue weighted by Crippen LogP contribution is -2.47. The van der Waals surface area contributed by atoms with Crippen molar-refractivity contribution in [3.8, 4) is 11.5 Å². The number of benzene rings is 2. The minimum atomic E-state index is -1.11. The average Bonchev–Trinajstić information content (AvgIpc) is 3.55. The molecule has 1 unspecified atom stereocenters. The highest BCUT2D eigenvalue weighted by Gasteiger charge is 2.33. The first-order chi connectivity index (χ1) is 21.4. The molecule has 0 bridgehead atoms. The van der Waals surface area contributed by atoms with Crippen LogP contribution in [0.5, 0.6) is 11.5 Å². The van der Waals surface area contributed by atoms with Gasteiger partial charge in [-0.3, -0.25) is 14.7 Å². The van der Waals surface area contributed by atoms with Gasteiger partial charge in [0.1, 0.15) is 6.23 Å². The normalized spacial score (nSPS) is 17.2. The molecule has 3 N–H and O–H groups in total. The van der Waals surface area contributed by atoms with Gasteiger partial charge in [-0.1, -0.05) is 53.5 Å². The third kappa shape index (κ3) is 7.90. The zero-order chi connectivity index (χ0) is 31.1. The molecule has 1 amide bonds. The maximum Gasteiger partial charge on any atom is 0.261 e. The van der Waals surface area contributed by atoms with E-state index in [1.54, 1.807) is 18.7 Å². The number of nitrogens with one attached hydrogen (secondary N) is 1. The SMILES string of the molecule is COc1ccc(N(C(=O)c2c(Cl)cncc2Cl)C2CCN(Cc3ccc(/C=C/C(O)NO)cc3)CC2)cc1OC1CCCC1. The second kappa shape index (κ2) is 15.2. The highest BCUT2D eigenvalue weighted by Crippen LogP contribution is 2.38. The van der Waals surface area contributed by atoms with Crippen molar-refractivity contribution < 1.29 is 24.6 Å². The van der Waals surface area contributed by atoms with Crippen LogP contribution < -0.4 is 19.9 Å². The zero-order valence-corrected chi connectivity index (χ0v) is 26.2. The van der Waals surface area contributed by atoms with Gasteiger partial charge in [0.15, 0.2) is 11.5 Å². The molecule has 2 aromatic carbocycles. The number of aliphatic hydroxyl groups excluding tert-OH is 1. The Morgan fingerprint density at radius 2 is 1.75 bits per heavy atom. The van der Waals surface area contributed by atoms with E-state index in [1.807, 2.05) is 35.2 Å². The van der Waals surface area contributed by atoms with Crippen molar-refractivity contribution in [2.75, 3.05) is 25.1 Å². The Morgan fingerprint density at radius 3 is 2.39 bits per heavy atom. The lowest BCUT2D eigenvalue weighted by Gasteiger charge is -2.39. The van der Waals surface area contributed by atoms with E-state index in [2.05, 4.69) is 22.0 Å². The van der Waals surface area contributed by atoms with E-state index in [1.165, 1.54) is 18.5 Å².